The summed E-state index contributed by atoms with van der Waals surface area (Å²) in [5.74, 6) is 0.379. The average Bonchev–Trinajstić information content (AvgIpc) is 3.53. The van der Waals surface area contributed by atoms with Crippen LogP contribution in [0.3, 0.4) is 0 Å². The van der Waals surface area contributed by atoms with E-state index >= 15 is 0 Å². The number of rotatable bonds is 13. The molecule has 11 heteroatoms. The van der Waals surface area contributed by atoms with Gasteiger partial charge in [-0.15, -0.1) is 0 Å². The molecule has 9 nitrogen and oxygen atoms in total. The van der Waals surface area contributed by atoms with E-state index < -0.39 is 28.5 Å². The second kappa shape index (κ2) is 14.6. The Morgan fingerprint density at radius 2 is 1.56 bits per heavy atom. The van der Waals surface area contributed by atoms with Crippen molar-refractivity contribution in [1.82, 2.24) is 10.2 Å². The van der Waals surface area contributed by atoms with Gasteiger partial charge in [0.2, 0.25) is 11.8 Å². The molecule has 3 aromatic rings. The van der Waals surface area contributed by atoms with Gasteiger partial charge in [0.1, 0.15) is 24.1 Å². The Labute approximate surface area is 258 Å². The number of sulfonamides is 1. The van der Waals surface area contributed by atoms with Crippen LogP contribution in [0.4, 0.5) is 5.69 Å². The Kier molecular flexibility index (Phi) is 10.9. The quantitative estimate of drug-likeness (QED) is 0.271. The molecule has 1 saturated carbocycles. The fourth-order valence-corrected chi connectivity index (χ4v) is 6.84. The van der Waals surface area contributed by atoms with Gasteiger partial charge in [-0.2, -0.15) is 0 Å². The average molecular weight is 628 g/mol. The van der Waals surface area contributed by atoms with Crippen LogP contribution in [0.5, 0.6) is 11.5 Å². The first-order valence-corrected chi connectivity index (χ1v) is 16.1. The highest BCUT2D eigenvalue weighted by molar-refractivity contribution is 7.92. The zero-order valence-corrected chi connectivity index (χ0v) is 26.2. The molecule has 4 rings (SSSR count). The van der Waals surface area contributed by atoms with E-state index in [1.807, 2.05) is 19.1 Å². The number of benzene rings is 3. The number of methoxy groups -OCH3 is 2. The minimum Gasteiger partial charge on any atom is -0.497 e. The molecule has 1 N–H and O–H groups in total. The molecular weight excluding hydrogens is 590 g/mol. The molecule has 1 aliphatic rings. The Morgan fingerprint density at radius 3 is 2.12 bits per heavy atom. The van der Waals surface area contributed by atoms with E-state index in [1.54, 1.807) is 49.6 Å². The standard InChI is InChI=1S/C32H38ClN3O6S/c1-4-30(32(38)34-25-9-5-6-10-25)35(21-23-12-14-27(41-2)15-13-23)31(37)22-36(26-11-7-8-24(33)20-26)43(39,40)29-18-16-28(42-3)17-19-29/h7-8,11-20,25,30H,4-6,9-10,21-22H2,1-3H3,(H,34,38)/t30-/m1/s1. The largest absolute Gasteiger partial charge is 0.497 e. The van der Waals surface area contributed by atoms with Crippen LogP contribution in [0.25, 0.3) is 0 Å². The predicted octanol–water partition coefficient (Wildman–Crippen LogP) is 5.42. The van der Waals surface area contributed by atoms with Crippen molar-refractivity contribution >= 4 is 39.1 Å². The van der Waals surface area contributed by atoms with Crippen LogP contribution < -0.4 is 19.1 Å². The zero-order chi connectivity index (χ0) is 31.0. The maximum absolute atomic E-state index is 14.2. The van der Waals surface area contributed by atoms with Crippen molar-refractivity contribution in [3.63, 3.8) is 0 Å². The van der Waals surface area contributed by atoms with Gasteiger partial charge >= 0.3 is 0 Å². The number of halogens is 1. The van der Waals surface area contributed by atoms with Crippen LogP contribution in [0.15, 0.2) is 77.7 Å². The zero-order valence-electron chi connectivity index (χ0n) is 24.7. The van der Waals surface area contributed by atoms with E-state index in [0.29, 0.717) is 22.9 Å². The number of hydrogen-bond donors (Lipinski definition) is 1. The van der Waals surface area contributed by atoms with Gasteiger partial charge in [-0.3, -0.25) is 13.9 Å². The highest BCUT2D eigenvalue weighted by atomic mass is 35.5. The molecule has 1 atom stereocenters. The van der Waals surface area contributed by atoms with Crippen molar-refractivity contribution < 1.29 is 27.5 Å². The molecule has 3 aromatic carbocycles. The molecule has 43 heavy (non-hydrogen) atoms. The van der Waals surface area contributed by atoms with Gasteiger partial charge in [0, 0.05) is 17.6 Å². The fourth-order valence-electron chi connectivity index (χ4n) is 5.25. The molecule has 1 fully saturated rings. The van der Waals surface area contributed by atoms with Gasteiger partial charge in [0.15, 0.2) is 0 Å². The van der Waals surface area contributed by atoms with Gasteiger partial charge in [-0.05, 0) is 79.4 Å². The number of anilines is 1. The molecule has 0 aliphatic heterocycles. The van der Waals surface area contributed by atoms with E-state index in [0.717, 1.165) is 35.6 Å². The SMILES string of the molecule is CC[C@H](C(=O)NC1CCCC1)N(Cc1ccc(OC)cc1)C(=O)CN(c1cccc(Cl)c1)S(=O)(=O)c1ccc(OC)cc1. The van der Waals surface area contributed by atoms with Crippen LogP contribution in [0, 0.1) is 0 Å². The third-order valence-electron chi connectivity index (χ3n) is 7.62. The summed E-state index contributed by atoms with van der Waals surface area (Å²) in [7, 11) is -1.16. The van der Waals surface area contributed by atoms with Gasteiger partial charge in [-0.1, -0.05) is 49.6 Å². The first-order chi connectivity index (χ1) is 20.7. The molecule has 2 amide bonds. The van der Waals surface area contributed by atoms with E-state index in [2.05, 4.69) is 5.32 Å². The topological polar surface area (TPSA) is 105 Å². The van der Waals surface area contributed by atoms with Crippen molar-refractivity contribution in [3.8, 4) is 11.5 Å². The summed E-state index contributed by atoms with van der Waals surface area (Å²) < 4.78 is 39.5. The van der Waals surface area contributed by atoms with Crippen molar-refractivity contribution in [2.24, 2.45) is 0 Å². The fraction of sp³-hybridized carbons (Fsp3) is 0.375. The number of carbonyl (C=O) groups is 2. The van der Waals surface area contributed by atoms with Crippen LogP contribution in [-0.4, -0.2) is 58.0 Å². The van der Waals surface area contributed by atoms with Gasteiger partial charge in [0.25, 0.3) is 10.0 Å². The molecule has 230 valence electrons. The maximum Gasteiger partial charge on any atom is 0.264 e. The Hall–Kier alpha value is -3.76. The van der Waals surface area contributed by atoms with Crippen LogP contribution in [-0.2, 0) is 26.2 Å². The Morgan fingerprint density at radius 1 is 0.953 bits per heavy atom. The first kappa shape index (κ1) is 32.2. The Bertz CT molecular complexity index is 1490. The number of nitrogens with zero attached hydrogens (tertiary/aromatic N) is 2. The lowest BCUT2D eigenvalue weighted by molar-refractivity contribution is -0.140. The number of carbonyl (C=O) groups excluding carboxylic acids is 2. The number of amides is 2. The van der Waals surface area contributed by atoms with Gasteiger partial charge < -0.3 is 19.7 Å². The van der Waals surface area contributed by atoms with Crippen LogP contribution in [0.2, 0.25) is 5.02 Å². The molecule has 1 aliphatic carbocycles. The minimum absolute atomic E-state index is 0.0196. The first-order valence-electron chi connectivity index (χ1n) is 14.3. The minimum atomic E-state index is -4.22. The second-order valence-electron chi connectivity index (χ2n) is 10.5. The lowest BCUT2D eigenvalue weighted by Gasteiger charge is -2.33. The highest BCUT2D eigenvalue weighted by Crippen LogP contribution is 2.28. The smallest absolute Gasteiger partial charge is 0.264 e. The summed E-state index contributed by atoms with van der Waals surface area (Å²) in [6.45, 7) is 1.40. The monoisotopic (exact) mass is 627 g/mol. The molecule has 0 bridgehead atoms. The number of nitrogens with one attached hydrogen (secondary N) is 1. The molecule has 0 aromatic heterocycles. The summed E-state index contributed by atoms with van der Waals surface area (Å²) in [6.07, 6.45) is 4.25. The van der Waals surface area contributed by atoms with Gasteiger partial charge in [0.05, 0.1) is 24.8 Å². The molecule has 0 unspecified atom stereocenters. The normalized spacial score (nSPS) is 14.1. The van der Waals surface area contributed by atoms with Crippen LogP contribution >= 0.6 is 11.6 Å². The summed E-state index contributed by atoms with van der Waals surface area (Å²) in [6, 6.07) is 18.7. The van der Waals surface area contributed by atoms with E-state index in [4.69, 9.17) is 21.1 Å². The summed E-state index contributed by atoms with van der Waals surface area (Å²) in [5, 5.41) is 3.43. The lowest BCUT2D eigenvalue weighted by atomic mass is 10.1. The molecular formula is C32H38ClN3O6S. The number of ether oxygens (including phenoxy) is 2. The predicted molar refractivity (Wildman–Crippen MR) is 167 cm³/mol. The van der Waals surface area contributed by atoms with Crippen molar-refractivity contribution in [2.75, 3.05) is 25.1 Å². The van der Waals surface area contributed by atoms with Crippen LogP contribution in [0.1, 0.15) is 44.6 Å². The molecule has 0 spiro atoms. The summed E-state index contributed by atoms with van der Waals surface area (Å²) >= 11 is 6.25. The van der Waals surface area contributed by atoms with Gasteiger partial charge in [-0.25, -0.2) is 8.42 Å². The maximum atomic E-state index is 14.2. The Balaban J connectivity index is 1.71. The summed E-state index contributed by atoms with van der Waals surface area (Å²) in [4.78, 5) is 29.2. The van der Waals surface area contributed by atoms with Crippen molar-refractivity contribution in [2.45, 2.75) is 62.6 Å². The van der Waals surface area contributed by atoms with Crippen molar-refractivity contribution in [1.29, 1.82) is 0 Å². The highest BCUT2D eigenvalue weighted by Gasteiger charge is 2.34. The summed E-state index contributed by atoms with van der Waals surface area (Å²) in [5.41, 5.74) is 0.998. The second-order valence-corrected chi connectivity index (χ2v) is 12.7. The molecule has 0 saturated heterocycles. The van der Waals surface area contributed by atoms with E-state index in [-0.39, 0.29) is 29.1 Å². The third kappa shape index (κ3) is 8.00. The molecule has 0 radical (unpaired) electrons. The van der Waals surface area contributed by atoms with E-state index in [1.165, 1.54) is 30.2 Å². The van der Waals surface area contributed by atoms with E-state index in [9.17, 15) is 18.0 Å². The molecule has 0 heterocycles. The lowest BCUT2D eigenvalue weighted by Crippen LogP contribution is -2.53. The third-order valence-corrected chi connectivity index (χ3v) is 9.65. The van der Waals surface area contributed by atoms with Crippen molar-refractivity contribution in [3.05, 3.63) is 83.4 Å². The number of hydrogen-bond acceptors (Lipinski definition) is 6.